The van der Waals surface area contributed by atoms with E-state index in [1.54, 1.807) is 12.1 Å². The standard InChI is InChI=1S/C14H14O4S.Na/c1-11(18-19(15,16)17)12-7-9-14(10-8-12)13-5-3-2-4-6-13;/h2-11H,1H3,(H,15,16,17);/q;+1/p-1. The summed E-state index contributed by atoms with van der Waals surface area (Å²) < 4.78 is 36.0. The van der Waals surface area contributed by atoms with Gasteiger partial charge in [-0.1, -0.05) is 54.6 Å². The molecule has 0 N–H and O–H groups in total. The number of hydrogen-bond acceptors (Lipinski definition) is 4. The maximum atomic E-state index is 10.5. The molecular formula is C14H13NaO4S. The van der Waals surface area contributed by atoms with Gasteiger partial charge in [0.1, 0.15) is 0 Å². The first-order valence-electron chi connectivity index (χ1n) is 5.75. The second-order valence-electron chi connectivity index (χ2n) is 4.13. The molecule has 0 bridgehead atoms. The minimum absolute atomic E-state index is 0. The van der Waals surface area contributed by atoms with Crippen molar-refractivity contribution in [3.63, 3.8) is 0 Å². The van der Waals surface area contributed by atoms with Crippen LogP contribution in [-0.4, -0.2) is 13.0 Å². The van der Waals surface area contributed by atoms with Gasteiger partial charge in [0.15, 0.2) is 0 Å². The molecule has 0 aromatic heterocycles. The van der Waals surface area contributed by atoms with Crippen LogP contribution in [-0.2, 0) is 14.6 Å². The van der Waals surface area contributed by atoms with E-state index in [2.05, 4.69) is 4.18 Å². The first kappa shape index (κ1) is 17.4. The second-order valence-corrected chi connectivity index (χ2v) is 5.14. The fourth-order valence-corrected chi connectivity index (χ4v) is 2.27. The molecule has 0 saturated heterocycles. The Morgan fingerprint density at radius 3 is 1.95 bits per heavy atom. The first-order chi connectivity index (χ1) is 8.96. The summed E-state index contributed by atoms with van der Waals surface area (Å²) in [5, 5.41) is 0. The van der Waals surface area contributed by atoms with Crippen LogP contribution >= 0.6 is 0 Å². The monoisotopic (exact) mass is 300 g/mol. The fraction of sp³-hybridized carbons (Fsp3) is 0.143. The molecule has 100 valence electrons. The van der Waals surface area contributed by atoms with Crippen LogP contribution in [0.5, 0.6) is 0 Å². The van der Waals surface area contributed by atoms with Crippen LogP contribution in [0.25, 0.3) is 11.1 Å². The van der Waals surface area contributed by atoms with Crippen molar-refractivity contribution in [1.82, 2.24) is 0 Å². The zero-order chi connectivity index (χ0) is 13.9. The largest absolute Gasteiger partial charge is 1.00 e. The quantitative estimate of drug-likeness (QED) is 0.449. The van der Waals surface area contributed by atoms with Crippen LogP contribution in [0.1, 0.15) is 18.6 Å². The van der Waals surface area contributed by atoms with Crippen LogP contribution in [0.2, 0.25) is 0 Å². The minimum atomic E-state index is -4.68. The molecule has 0 amide bonds. The molecule has 0 aliphatic rings. The summed E-state index contributed by atoms with van der Waals surface area (Å²) in [7, 11) is -4.68. The van der Waals surface area contributed by atoms with E-state index in [1.165, 1.54) is 6.92 Å². The second kappa shape index (κ2) is 7.36. The molecule has 2 aromatic rings. The van der Waals surface area contributed by atoms with E-state index in [1.807, 2.05) is 42.5 Å². The molecule has 0 heterocycles. The maximum Gasteiger partial charge on any atom is 1.00 e. The van der Waals surface area contributed by atoms with E-state index in [0.29, 0.717) is 5.56 Å². The van der Waals surface area contributed by atoms with E-state index in [-0.39, 0.29) is 29.6 Å². The summed E-state index contributed by atoms with van der Waals surface area (Å²) in [5.41, 5.74) is 2.72. The third-order valence-electron chi connectivity index (χ3n) is 2.75. The molecule has 1 unspecified atom stereocenters. The van der Waals surface area contributed by atoms with Crippen molar-refractivity contribution in [3.8, 4) is 11.1 Å². The van der Waals surface area contributed by atoms with Crippen molar-refractivity contribution < 1.29 is 46.7 Å². The van der Waals surface area contributed by atoms with Gasteiger partial charge in [0.2, 0.25) is 10.4 Å². The summed E-state index contributed by atoms with van der Waals surface area (Å²) in [6.07, 6.45) is -0.785. The molecule has 1 atom stereocenters. The third kappa shape index (κ3) is 5.01. The van der Waals surface area contributed by atoms with Crippen molar-refractivity contribution in [1.29, 1.82) is 0 Å². The Kier molecular flexibility index (Phi) is 6.39. The summed E-state index contributed by atoms with van der Waals surface area (Å²) in [6, 6.07) is 17.0. The van der Waals surface area contributed by atoms with Crippen molar-refractivity contribution in [2.75, 3.05) is 0 Å². The van der Waals surface area contributed by atoms with Gasteiger partial charge in [-0.15, -0.1) is 0 Å². The smallest absolute Gasteiger partial charge is 0.726 e. The molecular weight excluding hydrogens is 287 g/mol. The van der Waals surface area contributed by atoms with Gasteiger partial charge < -0.3 is 4.55 Å². The van der Waals surface area contributed by atoms with Gasteiger partial charge in [0, 0.05) is 0 Å². The van der Waals surface area contributed by atoms with E-state index < -0.39 is 16.5 Å². The Balaban J connectivity index is 0.00000200. The molecule has 0 aliphatic heterocycles. The third-order valence-corrected chi connectivity index (χ3v) is 3.27. The first-order valence-corrected chi connectivity index (χ1v) is 7.08. The minimum Gasteiger partial charge on any atom is -0.726 e. The number of hydrogen-bond donors (Lipinski definition) is 0. The van der Waals surface area contributed by atoms with Crippen LogP contribution in [0.3, 0.4) is 0 Å². The molecule has 0 spiro atoms. The van der Waals surface area contributed by atoms with Crippen molar-refractivity contribution in [3.05, 3.63) is 60.2 Å². The zero-order valence-corrected chi connectivity index (χ0v) is 14.1. The molecule has 0 fully saturated rings. The van der Waals surface area contributed by atoms with E-state index in [4.69, 9.17) is 0 Å². The SMILES string of the molecule is CC(OS(=O)(=O)[O-])c1ccc(-c2ccccc2)cc1.[Na+]. The van der Waals surface area contributed by atoms with Gasteiger partial charge in [-0.25, -0.2) is 8.42 Å². The average Bonchev–Trinajstić information content (AvgIpc) is 2.38. The van der Waals surface area contributed by atoms with Gasteiger partial charge in [0.05, 0.1) is 6.10 Å². The zero-order valence-electron chi connectivity index (χ0n) is 11.3. The van der Waals surface area contributed by atoms with Gasteiger partial charge >= 0.3 is 29.6 Å². The summed E-state index contributed by atoms with van der Waals surface area (Å²) in [6.45, 7) is 1.52. The number of benzene rings is 2. The predicted molar refractivity (Wildman–Crippen MR) is 71.1 cm³/mol. The molecule has 0 radical (unpaired) electrons. The average molecular weight is 300 g/mol. The summed E-state index contributed by atoms with van der Waals surface area (Å²) in [5.74, 6) is 0. The molecule has 20 heavy (non-hydrogen) atoms. The Morgan fingerprint density at radius 1 is 0.950 bits per heavy atom. The fourth-order valence-electron chi connectivity index (χ4n) is 1.81. The molecule has 2 aromatic carbocycles. The van der Waals surface area contributed by atoms with E-state index in [0.717, 1.165) is 11.1 Å². The topological polar surface area (TPSA) is 66.4 Å². The molecule has 0 aliphatic carbocycles. The van der Waals surface area contributed by atoms with Crippen LogP contribution in [0, 0.1) is 0 Å². The van der Waals surface area contributed by atoms with Gasteiger partial charge in [-0.2, -0.15) is 0 Å². The maximum absolute atomic E-state index is 10.5. The van der Waals surface area contributed by atoms with E-state index >= 15 is 0 Å². The Morgan fingerprint density at radius 2 is 1.45 bits per heavy atom. The molecule has 6 heteroatoms. The molecule has 4 nitrogen and oxygen atoms in total. The van der Waals surface area contributed by atoms with Crippen molar-refractivity contribution >= 4 is 10.4 Å². The van der Waals surface area contributed by atoms with Crippen LogP contribution < -0.4 is 29.6 Å². The number of rotatable bonds is 4. The van der Waals surface area contributed by atoms with Crippen LogP contribution in [0.15, 0.2) is 54.6 Å². The Labute approximate surface area is 141 Å². The Bertz CT molecular complexity index is 639. The van der Waals surface area contributed by atoms with E-state index in [9.17, 15) is 13.0 Å². The van der Waals surface area contributed by atoms with Crippen molar-refractivity contribution in [2.45, 2.75) is 13.0 Å². The van der Waals surface area contributed by atoms with Crippen molar-refractivity contribution in [2.24, 2.45) is 0 Å². The summed E-state index contributed by atoms with van der Waals surface area (Å²) >= 11 is 0. The normalized spacial score (nSPS) is 12.5. The van der Waals surface area contributed by atoms with Gasteiger partial charge in [-0.05, 0) is 23.6 Å². The summed E-state index contributed by atoms with van der Waals surface area (Å²) in [4.78, 5) is 0. The Hall–Kier alpha value is -0.690. The molecule has 2 rings (SSSR count). The van der Waals surface area contributed by atoms with Gasteiger partial charge in [-0.3, -0.25) is 4.18 Å². The van der Waals surface area contributed by atoms with Crippen LogP contribution in [0.4, 0.5) is 0 Å². The molecule has 0 saturated carbocycles. The predicted octanol–water partition coefficient (Wildman–Crippen LogP) is -0.105. The van der Waals surface area contributed by atoms with Gasteiger partial charge in [0.25, 0.3) is 0 Å².